The lowest BCUT2D eigenvalue weighted by molar-refractivity contribution is -0.113. The van der Waals surface area contributed by atoms with Crippen LogP contribution in [0.4, 0.5) is 4.79 Å². The van der Waals surface area contributed by atoms with Crippen molar-refractivity contribution in [2.75, 3.05) is 13.2 Å². The Balaban J connectivity index is 1.80. The summed E-state index contributed by atoms with van der Waals surface area (Å²) in [6, 6.07) is 10.2. The monoisotopic (exact) mass is 404 g/mol. The van der Waals surface area contributed by atoms with E-state index in [-0.39, 0.29) is 6.04 Å². The highest BCUT2D eigenvalue weighted by Gasteiger charge is 2.52. The zero-order valence-electron chi connectivity index (χ0n) is 18.6. The summed E-state index contributed by atoms with van der Waals surface area (Å²) < 4.78 is 11.9. The van der Waals surface area contributed by atoms with E-state index in [1.807, 2.05) is 45.9 Å². The van der Waals surface area contributed by atoms with E-state index in [1.54, 1.807) is 18.7 Å². The van der Waals surface area contributed by atoms with Crippen LogP contribution >= 0.6 is 0 Å². The van der Waals surface area contributed by atoms with Gasteiger partial charge in [0.25, 0.3) is 0 Å². The molecule has 2 fully saturated rings. The molecule has 2 atom stereocenters. The molecular formula is C23H36N2O4. The second-order valence-corrected chi connectivity index (χ2v) is 10.0. The van der Waals surface area contributed by atoms with Crippen LogP contribution in [0, 0.1) is 0 Å². The van der Waals surface area contributed by atoms with Gasteiger partial charge in [0.15, 0.2) is 0 Å². The third-order valence-electron chi connectivity index (χ3n) is 6.02. The minimum Gasteiger partial charge on any atom is -0.441 e. The largest absolute Gasteiger partial charge is 0.441 e. The van der Waals surface area contributed by atoms with Gasteiger partial charge in [-0.05, 0) is 66.5 Å². The third-order valence-corrected chi connectivity index (χ3v) is 6.02. The molecule has 29 heavy (non-hydrogen) atoms. The molecule has 1 aromatic carbocycles. The Kier molecular flexibility index (Phi) is 6.01. The number of aliphatic hydroxyl groups is 1. The third kappa shape index (κ3) is 4.76. The van der Waals surface area contributed by atoms with Crippen molar-refractivity contribution in [2.24, 2.45) is 0 Å². The normalized spacial score (nSPS) is 25.2. The number of ether oxygens (including phenoxy) is 2. The van der Waals surface area contributed by atoms with E-state index in [2.05, 4.69) is 17.0 Å². The first kappa shape index (κ1) is 22.1. The molecule has 1 amide bonds. The van der Waals surface area contributed by atoms with Crippen molar-refractivity contribution in [3.8, 4) is 0 Å². The van der Waals surface area contributed by atoms with Gasteiger partial charge < -0.3 is 14.6 Å². The number of rotatable bonds is 5. The fourth-order valence-electron chi connectivity index (χ4n) is 4.74. The number of hydrogen-bond donors (Lipinski definition) is 1. The molecule has 6 nitrogen and oxygen atoms in total. The lowest BCUT2D eigenvalue weighted by atomic mass is 9.93. The molecule has 1 N–H and O–H groups in total. The number of carbonyl (C=O) groups is 1. The molecule has 3 rings (SSSR count). The zero-order valence-corrected chi connectivity index (χ0v) is 18.6. The van der Waals surface area contributed by atoms with Crippen LogP contribution in [0.15, 0.2) is 30.3 Å². The predicted octanol–water partition coefficient (Wildman–Crippen LogP) is 3.77. The summed E-state index contributed by atoms with van der Waals surface area (Å²) in [5, 5.41) is 10.9. The highest BCUT2D eigenvalue weighted by molar-refractivity contribution is 5.70. The Hall–Kier alpha value is -1.63. The molecule has 2 aliphatic heterocycles. The Labute approximate surface area is 174 Å². The summed E-state index contributed by atoms with van der Waals surface area (Å²) in [6.45, 7) is 13.3. The van der Waals surface area contributed by atoms with Crippen LogP contribution in [0.25, 0.3) is 0 Å². The standard InChI is InChI=1S/C23H36N2O4/c1-21(2)16-28-23(5,6)25(21)20(26)29-19(22(3,4)27)18-13-10-14-24(18)15-17-11-8-7-9-12-17/h7-9,11-12,18-19,27H,10,13-16H2,1-6H3/t18-,19-/m0/s1. The van der Waals surface area contributed by atoms with Crippen molar-refractivity contribution in [3.05, 3.63) is 35.9 Å². The number of benzene rings is 1. The summed E-state index contributed by atoms with van der Waals surface area (Å²) in [5.41, 5.74) is -1.15. The van der Waals surface area contributed by atoms with Crippen LogP contribution < -0.4 is 0 Å². The summed E-state index contributed by atoms with van der Waals surface area (Å²) in [6.07, 6.45) is 0.841. The fourth-order valence-corrected chi connectivity index (χ4v) is 4.74. The molecule has 2 aliphatic rings. The Bertz CT molecular complexity index is 695. The lowest BCUT2D eigenvalue weighted by Gasteiger charge is -2.42. The Morgan fingerprint density at radius 2 is 1.93 bits per heavy atom. The van der Waals surface area contributed by atoms with Gasteiger partial charge in [0, 0.05) is 12.6 Å². The van der Waals surface area contributed by atoms with Crippen LogP contribution in [-0.4, -0.2) is 63.2 Å². The SMILES string of the molecule is CC(C)(O)[C@@H](OC(=O)N1C(C)(C)COC1(C)C)[C@@H]1CCCN1Cc1ccccc1. The molecule has 2 saturated heterocycles. The van der Waals surface area contributed by atoms with E-state index in [9.17, 15) is 9.90 Å². The molecular weight excluding hydrogens is 368 g/mol. The summed E-state index contributed by atoms with van der Waals surface area (Å²) in [7, 11) is 0. The Morgan fingerprint density at radius 1 is 1.28 bits per heavy atom. The molecule has 2 heterocycles. The molecule has 0 aromatic heterocycles. The van der Waals surface area contributed by atoms with Gasteiger partial charge >= 0.3 is 6.09 Å². The van der Waals surface area contributed by atoms with Crippen LogP contribution in [0.2, 0.25) is 0 Å². The van der Waals surface area contributed by atoms with E-state index in [1.165, 1.54) is 5.56 Å². The molecule has 1 aromatic rings. The van der Waals surface area contributed by atoms with Crippen molar-refractivity contribution in [3.63, 3.8) is 0 Å². The molecule has 0 saturated carbocycles. The number of nitrogens with zero attached hydrogens (tertiary/aromatic N) is 2. The van der Waals surface area contributed by atoms with Gasteiger partial charge in [-0.1, -0.05) is 30.3 Å². The number of hydrogen-bond acceptors (Lipinski definition) is 5. The minimum absolute atomic E-state index is 0.0334. The van der Waals surface area contributed by atoms with Crippen molar-refractivity contribution in [1.29, 1.82) is 0 Å². The van der Waals surface area contributed by atoms with E-state index in [0.29, 0.717) is 6.61 Å². The van der Waals surface area contributed by atoms with E-state index in [0.717, 1.165) is 25.9 Å². The summed E-state index contributed by atoms with van der Waals surface area (Å²) >= 11 is 0. The quantitative estimate of drug-likeness (QED) is 0.809. The molecule has 0 bridgehead atoms. The van der Waals surface area contributed by atoms with Crippen molar-refractivity contribution < 1.29 is 19.4 Å². The van der Waals surface area contributed by atoms with Gasteiger partial charge in [-0.2, -0.15) is 0 Å². The van der Waals surface area contributed by atoms with E-state index < -0.39 is 29.1 Å². The van der Waals surface area contributed by atoms with Crippen molar-refractivity contribution in [1.82, 2.24) is 9.80 Å². The van der Waals surface area contributed by atoms with Crippen molar-refractivity contribution >= 4 is 6.09 Å². The summed E-state index contributed by atoms with van der Waals surface area (Å²) in [5.74, 6) is 0. The van der Waals surface area contributed by atoms with Crippen LogP contribution in [0.3, 0.4) is 0 Å². The van der Waals surface area contributed by atoms with Gasteiger partial charge in [0.05, 0.1) is 17.7 Å². The number of amides is 1. The van der Waals surface area contributed by atoms with E-state index >= 15 is 0 Å². The number of likely N-dealkylation sites (tertiary alicyclic amines) is 1. The molecule has 162 valence electrons. The van der Waals surface area contributed by atoms with E-state index in [4.69, 9.17) is 9.47 Å². The maximum atomic E-state index is 13.2. The predicted molar refractivity (Wildman–Crippen MR) is 112 cm³/mol. The average molecular weight is 405 g/mol. The molecule has 0 spiro atoms. The van der Waals surface area contributed by atoms with Crippen LogP contribution in [0.1, 0.15) is 59.9 Å². The van der Waals surface area contributed by atoms with Gasteiger partial charge in [-0.3, -0.25) is 9.80 Å². The summed E-state index contributed by atoms with van der Waals surface area (Å²) in [4.78, 5) is 17.2. The molecule has 0 radical (unpaired) electrons. The lowest BCUT2D eigenvalue weighted by Crippen LogP contribution is -2.58. The average Bonchev–Trinajstić information content (AvgIpc) is 3.13. The maximum absolute atomic E-state index is 13.2. The first-order valence-electron chi connectivity index (χ1n) is 10.6. The Morgan fingerprint density at radius 3 is 2.48 bits per heavy atom. The second-order valence-electron chi connectivity index (χ2n) is 10.0. The minimum atomic E-state index is -1.16. The molecule has 6 heteroatoms. The van der Waals surface area contributed by atoms with Gasteiger partial charge in [0.2, 0.25) is 0 Å². The van der Waals surface area contributed by atoms with Crippen LogP contribution in [0.5, 0.6) is 0 Å². The first-order chi connectivity index (χ1) is 13.4. The van der Waals surface area contributed by atoms with Gasteiger partial charge in [-0.15, -0.1) is 0 Å². The number of carbonyl (C=O) groups excluding carboxylic acids is 1. The van der Waals surface area contributed by atoms with Crippen LogP contribution in [-0.2, 0) is 16.0 Å². The molecule has 0 aliphatic carbocycles. The highest BCUT2D eigenvalue weighted by atomic mass is 16.6. The highest BCUT2D eigenvalue weighted by Crippen LogP contribution is 2.37. The van der Waals surface area contributed by atoms with Crippen molar-refractivity contribution in [2.45, 2.75) is 89.9 Å². The maximum Gasteiger partial charge on any atom is 0.413 e. The molecule has 0 unspecified atom stereocenters. The fraction of sp³-hybridized carbons (Fsp3) is 0.696. The first-order valence-corrected chi connectivity index (χ1v) is 10.6. The van der Waals surface area contributed by atoms with Gasteiger partial charge in [0.1, 0.15) is 11.8 Å². The second kappa shape index (κ2) is 7.89. The zero-order chi connectivity index (χ0) is 21.4. The van der Waals surface area contributed by atoms with Gasteiger partial charge in [-0.25, -0.2) is 4.79 Å². The smallest absolute Gasteiger partial charge is 0.413 e. The topological polar surface area (TPSA) is 62.2 Å².